The number of nitrogens with zero attached hydrogens (tertiary/aromatic N) is 5. The Kier molecular flexibility index (Phi) is 2.95. The maximum absolute atomic E-state index is 9.05. The van der Waals surface area contributed by atoms with Crippen LogP contribution in [-0.2, 0) is 0 Å². The topological polar surface area (TPSA) is 88.2 Å². The number of aromatic nitrogens is 5. The number of hydrogen-bond acceptors (Lipinski definition) is 6. The van der Waals surface area contributed by atoms with Crippen molar-refractivity contribution in [2.24, 2.45) is 5.92 Å². The van der Waals surface area contributed by atoms with Crippen LogP contribution < -0.4 is 5.32 Å². The molecule has 2 rings (SSSR count). The monoisotopic (exact) mass is 222 g/mol. The van der Waals surface area contributed by atoms with Gasteiger partial charge in [0.05, 0.1) is 12.4 Å². The molecule has 0 saturated heterocycles. The molecule has 2 N–H and O–H groups in total. The molecule has 16 heavy (non-hydrogen) atoms. The Bertz CT molecular complexity index is 470. The molecule has 0 amide bonds. The average molecular weight is 222 g/mol. The molecule has 0 aliphatic heterocycles. The molecule has 2 atom stereocenters. The molecule has 2 aromatic rings. The summed E-state index contributed by atoms with van der Waals surface area (Å²) < 4.78 is 1.58. The van der Waals surface area contributed by atoms with Crippen molar-refractivity contribution in [3.05, 3.63) is 12.4 Å². The van der Waals surface area contributed by atoms with Gasteiger partial charge >= 0.3 is 0 Å². The van der Waals surface area contributed by atoms with E-state index < -0.39 is 0 Å². The van der Waals surface area contributed by atoms with E-state index in [1.807, 2.05) is 13.8 Å². The van der Waals surface area contributed by atoms with E-state index >= 15 is 0 Å². The molecule has 2 unspecified atom stereocenters. The molecule has 0 radical (unpaired) electrons. The number of aliphatic hydroxyl groups excluding tert-OH is 1. The second-order valence-corrected chi connectivity index (χ2v) is 3.83. The van der Waals surface area contributed by atoms with Gasteiger partial charge in [-0.15, -0.1) is 5.10 Å². The summed E-state index contributed by atoms with van der Waals surface area (Å²) in [5.41, 5.74) is 0.592. The van der Waals surface area contributed by atoms with Gasteiger partial charge in [0.2, 0.25) is 0 Å². The highest BCUT2D eigenvalue weighted by atomic mass is 16.3. The Labute approximate surface area is 92.5 Å². The van der Waals surface area contributed by atoms with Crippen LogP contribution in [0.1, 0.15) is 13.8 Å². The molecule has 0 aromatic carbocycles. The van der Waals surface area contributed by atoms with Crippen LogP contribution in [0.4, 0.5) is 5.82 Å². The van der Waals surface area contributed by atoms with Crippen molar-refractivity contribution in [1.82, 2.24) is 25.0 Å². The van der Waals surface area contributed by atoms with Gasteiger partial charge in [-0.1, -0.05) is 6.92 Å². The van der Waals surface area contributed by atoms with E-state index in [9.17, 15) is 0 Å². The van der Waals surface area contributed by atoms with Crippen LogP contribution in [0.3, 0.4) is 0 Å². The number of anilines is 1. The molecule has 0 saturated carbocycles. The number of hydrogen-bond donors (Lipinski definition) is 2. The maximum Gasteiger partial charge on any atom is 0.199 e. The minimum atomic E-state index is 0.113. The lowest BCUT2D eigenvalue weighted by atomic mass is 10.1. The molecule has 2 heterocycles. The van der Waals surface area contributed by atoms with Gasteiger partial charge in [0.15, 0.2) is 11.5 Å². The quantitative estimate of drug-likeness (QED) is 0.754. The third-order valence-electron chi connectivity index (χ3n) is 2.63. The number of aliphatic hydroxyl groups is 1. The first-order valence-electron chi connectivity index (χ1n) is 5.12. The predicted octanol–water partition coefficient (Wildman–Crippen LogP) is -0.0519. The fourth-order valence-corrected chi connectivity index (χ4v) is 1.31. The Balaban J connectivity index is 2.23. The summed E-state index contributed by atoms with van der Waals surface area (Å²) in [5.74, 6) is 0.863. The molecular weight excluding hydrogens is 208 g/mol. The second kappa shape index (κ2) is 4.40. The highest BCUT2D eigenvalue weighted by Gasteiger charge is 2.13. The van der Waals surface area contributed by atoms with Crippen LogP contribution in [0.2, 0.25) is 0 Å². The SMILES string of the molecule is CC(CO)C(C)Nc1cncc2nnnn12. The van der Waals surface area contributed by atoms with E-state index in [0.717, 1.165) is 5.82 Å². The summed E-state index contributed by atoms with van der Waals surface area (Å²) >= 11 is 0. The molecule has 0 aliphatic carbocycles. The molecule has 86 valence electrons. The molecule has 0 spiro atoms. The standard InChI is InChI=1S/C9H14N6O/c1-6(5-16)7(2)11-8-3-10-4-9-12-13-14-15(8)9/h3-4,6-7,11,16H,5H2,1-2H3. The fourth-order valence-electron chi connectivity index (χ4n) is 1.31. The van der Waals surface area contributed by atoms with Crippen molar-refractivity contribution in [3.8, 4) is 0 Å². The van der Waals surface area contributed by atoms with Gasteiger partial charge in [-0.3, -0.25) is 4.98 Å². The van der Waals surface area contributed by atoms with Crippen molar-refractivity contribution >= 4 is 11.5 Å². The molecule has 0 fully saturated rings. The minimum absolute atomic E-state index is 0.113. The van der Waals surface area contributed by atoms with Gasteiger partial charge in [0, 0.05) is 12.6 Å². The lowest BCUT2D eigenvalue weighted by Gasteiger charge is -2.20. The highest BCUT2D eigenvalue weighted by Crippen LogP contribution is 2.11. The molecule has 2 aromatic heterocycles. The first-order chi connectivity index (χ1) is 7.72. The van der Waals surface area contributed by atoms with Crippen molar-refractivity contribution in [3.63, 3.8) is 0 Å². The zero-order chi connectivity index (χ0) is 11.5. The first-order valence-corrected chi connectivity index (χ1v) is 5.12. The van der Waals surface area contributed by atoms with E-state index in [1.54, 1.807) is 16.9 Å². The molecule has 0 bridgehead atoms. The van der Waals surface area contributed by atoms with Gasteiger partial charge in [0.25, 0.3) is 0 Å². The van der Waals surface area contributed by atoms with E-state index in [2.05, 4.69) is 25.8 Å². The molecule has 7 heteroatoms. The van der Waals surface area contributed by atoms with Crippen LogP contribution in [0.5, 0.6) is 0 Å². The van der Waals surface area contributed by atoms with Crippen molar-refractivity contribution in [2.75, 3.05) is 11.9 Å². The molecule has 0 aliphatic rings. The zero-order valence-corrected chi connectivity index (χ0v) is 9.20. The summed E-state index contributed by atoms with van der Waals surface area (Å²) in [7, 11) is 0. The Morgan fingerprint density at radius 2 is 2.25 bits per heavy atom. The first kappa shape index (κ1) is 10.7. The van der Waals surface area contributed by atoms with Crippen molar-refractivity contribution in [1.29, 1.82) is 0 Å². The third-order valence-corrected chi connectivity index (χ3v) is 2.63. The van der Waals surface area contributed by atoms with Crippen LogP contribution in [-0.4, -0.2) is 42.8 Å². The van der Waals surface area contributed by atoms with E-state index in [1.165, 1.54) is 0 Å². The average Bonchev–Trinajstić information content (AvgIpc) is 2.77. The lowest BCUT2D eigenvalue weighted by molar-refractivity contribution is 0.226. The second-order valence-electron chi connectivity index (χ2n) is 3.83. The zero-order valence-electron chi connectivity index (χ0n) is 9.20. The summed E-state index contributed by atoms with van der Waals surface area (Å²) in [5, 5.41) is 23.5. The number of nitrogens with one attached hydrogen (secondary N) is 1. The van der Waals surface area contributed by atoms with Gasteiger partial charge in [0.1, 0.15) is 0 Å². The van der Waals surface area contributed by atoms with Crippen LogP contribution in [0.25, 0.3) is 5.65 Å². The van der Waals surface area contributed by atoms with Crippen molar-refractivity contribution in [2.45, 2.75) is 19.9 Å². The molecule has 7 nitrogen and oxygen atoms in total. The lowest BCUT2D eigenvalue weighted by Crippen LogP contribution is -2.27. The molecular formula is C9H14N6O. The van der Waals surface area contributed by atoms with Gasteiger partial charge < -0.3 is 10.4 Å². The van der Waals surface area contributed by atoms with Crippen LogP contribution >= 0.6 is 0 Å². The fraction of sp³-hybridized carbons (Fsp3) is 0.556. The Morgan fingerprint density at radius 3 is 3.00 bits per heavy atom. The van der Waals surface area contributed by atoms with Crippen molar-refractivity contribution < 1.29 is 5.11 Å². The van der Waals surface area contributed by atoms with Crippen LogP contribution in [0, 0.1) is 5.92 Å². The number of rotatable bonds is 4. The predicted molar refractivity (Wildman–Crippen MR) is 57.9 cm³/mol. The Hall–Kier alpha value is -1.76. The summed E-state index contributed by atoms with van der Waals surface area (Å²) in [6.45, 7) is 4.09. The maximum atomic E-state index is 9.05. The third kappa shape index (κ3) is 1.94. The van der Waals surface area contributed by atoms with E-state index in [4.69, 9.17) is 5.11 Å². The smallest absolute Gasteiger partial charge is 0.199 e. The Morgan fingerprint density at radius 1 is 1.44 bits per heavy atom. The van der Waals surface area contributed by atoms with Gasteiger partial charge in [-0.25, -0.2) is 0 Å². The van der Waals surface area contributed by atoms with Gasteiger partial charge in [-0.2, -0.15) is 4.52 Å². The van der Waals surface area contributed by atoms with E-state index in [-0.39, 0.29) is 18.6 Å². The normalized spacial score (nSPS) is 14.9. The number of tetrazole rings is 1. The largest absolute Gasteiger partial charge is 0.396 e. The summed E-state index contributed by atoms with van der Waals surface area (Å²) in [4.78, 5) is 4.03. The van der Waals surface area contributed by atoms with Crippen LogP contribution in [0.15, 0.2) is 12.4 Å². The van der Waals surface area contributed by atoms with Gasteiger partial charge in [-0.05, 0) is 23.3 Å². The summed E-state index contributed by atoms with van der Waals surface area (Å²) in [6.07, 6.45) is 3.25. The highest BCUT2D eigenvalue weighted by molar-refractivity contribution is 5.44. The van der Waals surface area contributed by atoms with E-state index in [0.29, 0.717) is 5.65 Å². The summed E-state index contributed by atoms with van der Waals surface area (Å²) in [6, 6.07) is 0.113. The minimum Gasteiger partial charge on any atom is -0.396 e. The number of fused-ring (bicyclic) bond motifs is 1.